The zero-order chi connectivity index (χ0) is 50.3. The highest BCUT2D eigenvalue weighted by Crippen LogP contribution is 2.45. The number of pyridine rings is 2. The Morgan fingerprint density at radius 3 is 1.73 bits per heavy atom. The first-order chi connectivity index (χ1) is 33.9. The fourth-order valence-electron chi connectivity index (χ4n) is 11.2. The fraction of sp³-hybridized carbons (Fsp3) is 0.440. The molecule has 4 fully saturated rings. The molecule has 17 nitrogen and oxygen atoms in total. The van der Waals surface area contributed by atoms with Crippen molar-refractivity contribution in [1.82, 2.24) is 33.6 Å². The number of fused-ring (bicyclic) bond motifs is 2. The third-order valence-corrected chi connectivity index (χ3v) is 17.1. The number of halogens is 4. The molecule has 5 aromatic heterocycles. The average molecular weight is 1050 g/mol. The van der Waals surface area contributed by atoms with E-state index in [0.29, 0.717) is 76.9 Å². The number of hydrogen-bond donors (Lipinski definition) is 4. The van der Waals surface area contributed by atoms with Crippen molar-refractivity contribution in [3.8, 4) is 11.1 Å². The lowest BCUT2D eigenvalue weighted by atomic mass is 9.73. The first-order valence-corrected chi connectivity index (χ1v) is 25.3. The highest BCUT2D eigenvalue weighted by Gasteiger charge is 2.49. The first-order valence-electron chi connectivity index (χ1n) is 23.8. The molecule has 21 heteroatoms. The van der Waals surface area contributed by atoms with Crippen molar-refractivity contribution in [3.63, 3.8) is 0 Å². The molecule has 2 spiro atoms. The number of rotatable bonds is 6. The van der Waals surface area contributed by atoms with Crippen LogP contribution in [0.1, 0.15) is 61.9 Å². The third-order valence-electron chi connectivity index (χ3n) is 15.6. The van der Waals surface area contributed by atoms with Gasteiger partial charge in [-0.05, 0) is 62.8 Å². The summed E-state index contributed by atoms with van der Waals surface area (Å²) in [4.78, 5) is 49.8. The van der Waals surface area contributed by atoms with Gasteiger partial charge >= 0.3 is 0 Å². The molecule has 0 saturated carbocycles. The maximum absolute atomic E-state index is 14.0. The smallest absolute Gasteiger partial charge is 0.264 e. The van der Waals surface area contributed by atoms with Crippen LogP contribution in [0.5, 0.6) is 0 Å². The van der Waals surface area contributed by atoms with Gasteiger partial charge in [-0.15, -0.1) is 0 Å². The third kappa shape index (κ3) is 8.65. The molecule has 0 unspecified atom stereocenters. The summed E-state index contributed by atoms with van der Waals surface area (Å²) in [6.45, 7) is 9.03. The number of allylic oxidation sites excluding steroid dienone is 1. The molecule has 0 bridgehead atoms. The number of nitrogen functional groups attached to an aromatic ring is 2. The van der Waals surface area contributed by atoms with E-state index < -0.39 is 0 Å². The van der Waals surface area contributed by atoms with Gasteiger partial charge in [0.2, 0.25) is 11.9 Å². The van der Waals surface area contributed by atoms with Gasteiger partial charge in [0, 0.05) is 99.0 Å². The molecule has 1 aromatic carbocycles. The Morgan fingerprint density at radius 2 is 1.20 bits per heavy atom. The molecule has 9 heterocycles. The number of nitrogens with zero attached hydrogens (tertiary/aromatic N) is 9. The fourth-order valence-corrected chi connectivity index (χ4v) is 12.0. The molecule has 5 aliphatic rings. The van der Waals surface area contributed by atoms with Gasteiger partial charge in [0.05, 0.1) is 52.1 Å². The molecule has 1 aliphatic carbocycles. The number of nitrogens with two attached hydrogens (primary N) is 4. The second-order valence-electron chi connectivity index (χ2n) is 19.7. The van der Waals surface area contributed by atoms with Crippen LogP contribution in [0.15, 0.2) is 64.3 Å². The predicted molar refractivity (Wildman–Crippen MR) is 282 cm³/mol. The van der Waals surface area contributed by atoms with Crippen LogP contribution in [0.4, 0.5) is 23.5 Å². The Hall–Kier alpha value is -5.24. The minimum absolute atomic E-state index is 0.00828. The molecule has 0 amide bonds. The summed E-state index contributed by atoms with van der Waals surface area (Å²) in [5.41, 5.74) is 29.9. The summed E-state index contributed by atoms with van der Waals surface area (Å²) >= 11 is 25.4. The van der Waals surface area contributed by atoms with Gasteiger partial charge in [-0.1, -0.05) is 82.8 Å². The Labute approximate surface area is 430 Å². The van der Waals surface area contributed by atoms with Crippen molar-refractivity contribution in [2.45, 2.75) is 76.8 Å². The van der Waals surface area contributed by atoms with Gasteiger partial charge in [-0.2, -0.15) is 4.98 Å². The summed E-state index contributed by atoms with van der Waals surface area (Å²) in [5, 5.41) is 1.17. The molecule has 4 aliphatic heterocycles. The van der Waals surface area contributed by atoms with Crippen molar-refractivity contribution < 1.29 is 9.47 Å². The summed E-state index contributed by atoms with van der Waals surface area (Å²) in [6, 6.07) is 13.4. The highest BCUT2D eigenvalue weighted by atomic mass is 35.5. The minimum Gasteiger partial charge on any atom is -0.384 e. The van der Waals surface area contributed by atoms with E-state index in [4.69, 9.17) is 88.8 Å². The van der Waals surface area contributed by atoms with E-state index >= 15 is 0 Å². The van der Waals surface area contributed by atoms with Gasteiger partial charge in [-0.25, -0.2) is 15.0 Å². The van der Waals surface area contributed by atoms with E-state index in [1.165, 1.54) is 0 Å². The lowest BCUT2D eigenvalue weighted by molar-refractivity contribution is 0.0972. The predicted octanol–water partition coefficient (Wildman–Crippen LogP) is 6.45. The number of benzene rings is 1. The Kier molecular flexibility index (Phi) is 13.2. The van der Waals surface area contributed by atoms with Crippen molar-refractivity contribution in [2.24, 2.45) is 36.4 Å². The number of anilines is 4. The number of hydrogen-bond acceptors (Lipinski definition) is 14. The molecular weight excluding hydrogens is 988 g/mol. The number of ether oxygens (including phenoxy) is 2. The molecule has 8 N–H and O–H groups in total. The van der Waals surface area contributed by atoms with Crippen molar-refractivity contribution in [3.05, 3.63) is 118 Å². The first kappa shape index (κ1) is 49.3. The molecule has 6 aromatic rings. The summed E-state index contributed by atoms with van der Waals surface area (Å²) in [7, 11) is 3.52. The molecule has 71 heavy (non-hydrogen) atoms. The van der Waals surface area contributed by atoms with Crippen LogP contribution in [0, 0.1) is 10.8 Å². The molecule has 4 saturated heterocycles. The molecule has 4 atom stereocenters. The lowest BCUT2D eigenvalue weighted by Gasteiger charge is -2.41. The zero-order valence-electron chi connectivity index (χ0n) is 40.0. The Balaban J connectivity index is 0.000000167. The van der Waals surface area contributed by atoms with E-state index in [-0.39, 0.29) is 78.2 Å². The van der Waals surface area contributed by atoms with Crippen LogP contribution < -0.4 is 43.9 Å². The maximum Gasteiger partial charge on any atom is 0.264 e. The van der Waals surface area contributed by atoms with Crippen molar-refractivity contribution >= 4 is 86.5 Å². The van der Waals surface area contributed by atoms with Crippen molar-refractivity contribution in [2.75, 3.05) is 60.7 Å². The highest BCUT2D eigenvalue weighted by molar-refractivity contribution is 6.43. The van der Waals surface area contributed by atoms with Gasteiger partial charge in [0.15, 0.2) is 10.3 Å². The van der Waals surface area contributed by atoms with E-state index in [0.717, 1.165) is 63.1 Å². The van der Waals surface area contributed by atoms with E-state index in [9.17, 15) is 9.59 Å². The normalized spacial score (nSPS) is 22.3. The SMILES string of the molecule is C[C@@H]1OCC2(CCN(c3nc4c(c(-c5cc(N)nc(Cl)c5Cl)cn4Cc4ccccc4)c(=O)n3C)CC2)[C@@H]1N.C[C@@H]1OCC2(CCN(c3nc4c(c(=O)n3C)C(c3cc(N)nc(Cl)c3Cl)=CC4)CC2)[C@@H]1N. The van der Waals surface area contributed by atoms with Crippen LogP contribution in [0.2, 0.25) is 20.4 Å². The zero-order valence-corrected chi connectivity index (χ0v) is 43.0. The summed E-state index contributed by atoms with van der Waals surface area (Å²) in [5.74, 6) is 1.77. The Bertz CT molecular complexity index is 3220. The topological polar surface area (TPSA) is 230 Å². The lowest BCUT2D eigenvalue weighted by Crippen LogP contribution is -2.51. The maximum atomic E-state index is 14.0. The van der Waals surface area contributed by atoms with Gasteiger partial charge in [-0.3, -0.25) is 18.7 Å². The summed E-state index contributed by atoms with van der Waals surface area (Å²) < 4.78 is 16.9. The second kappa shape index (κ2) is 19.0. The van der Waals surface area contributed by atoms with E-state index in [2.05, 4.69) is 19.8 Å². The van der Waals surface area contributed by atoms with Gasteiger partial charge in [0.25, 0.3) is 11.1 Å². The van der Waals surface area contributed by atoms with Crippen LogP contribution in [-0.2, 0) is 36.5 Å². The molecule has 374 valence electrons. The van der Waals surface area contributed by atoms with E-state index in [1.54, 1.807) is 35.4 Å². The van der Waals surface area contributed by atoms with E-state index in [1.807, 2.05) is 61.0 Å². The van der Waals surface area contributed by atoms with Gasteiger partial charge in [0.1, 0.15) is 17.3 Å². The Morgan fingerprint density at radius 1 is 0.690 bits per heavy atom. The average Bonchev–Trinajstić information content (AvgIpc) is 4.10. The largest absolute Gasteiger partial charge is 0.384 e. The standard InChI is InChI=1S/C28H31Cl2N7O2.C22H26Cl2N6O2/c1-16-23(32)28(15-39-16)8-10-36(11-9-28)27-34-25-21(26(38)35(27)2)19(18-12-20(31)33-24(30)22(18)29)14-37(25)13-17-6-4-3-5-7-17;1-11-18(26)22(10-32-11)5-7-30(8-6-22)21-27-14-4-3-12(16(14)20(31)29(21)2)13-9-15(25)28-19(24)17(13)23/h3-7,12,14,16,23H,8-11,13,15,32H2,1-2H3,(H2,31,33);3,9,11,18H,4-8,10,26H2,1-2H3,(H2,25,28)/t16-,23+;11-,18+/m00/s1. The van der Waals surface area contributed by atoms with Crippen LogP contribution in [0.3, 0.4) is 0 Å². The molecule has 11 rings (SSSR count). The van der Waals surface area contributed by atoms with Crippen LogP contribution in [0.25, 0.3) is 27.7 Å². The monoisotopic (exact) mass is 1040 g/mol. The van der Waals surface area contributed by atoms with Crippen molar-refractivity contribution in [1.29, 1.82) is 0 Å². The molecule has 0 radical (unpaired) electrons. The quantitative estimate of drug-likeness (QED) is 0.132. The summed E-state index contributed by atoms with van der Waals surface area (Å²) in [6.07, 6.45) is 8.11. The minimum atomic E-state index is -0.172. The number of aromatic nitrogens is 7. The van der Waals surface area contributed by atoms with Gasteiger partial charge < -0.3 is 46.8 Å². The van der Waals surface area contributed by atoms with Crippen LogP contribution in [-0.4, -0.2) is 97.3 Å². The number of piperidine rings is 2. The molecular formula is C50H57Cl4N13O4. The van der Waals surface area contributed by atoms with Crippen LogP contribution >= 0.6 is 46.4 Å². The second-order valence-corrected chi connectivity index (χ2v) is 21.2.